The number of H-pyrrole nitrogens is 1. The number of carbonyl (C=O) groups is 1. The van der Waals surface area contributed by atoms with Crippen LogP contribution in [0.1, 0.15) is 19.8 Å². The summed E-state index contributed by atoms with van der Waals surface area (Å²) in [6.45, 7) is 3.86. The summed E-state index contributed by atoms with van der Waals surface area (Å²) < 4.78 is 5.46. The topological polar surface area (TPSA) is 87.3 Å². The number of anilines is 1. The zero-order valence-electron chi connectivity index (χ0n) is 17.4. The average molecular weight is 439 g/mol. The van der Waals surface area contributed by atoms with Crippen molar-refractivity contribution in [2.45, 2.75) is 31.2 Å². The Labute approximate surface area is 186 Å². The van der Waals surface area contributed by atoms with E-state index < -0.39 is 0 Å². The van der Waals surface area contributed by atoms with Crippen molar-refractivity contribution in [2.75, 3.05) is 25.1 Å². The number of aromatic nitrogens is 2. The van der Waals surface area contributed by atoms with Crippen LogP contribution in [0.5, 0.6) is 0 Å². The van der Waals surface area contributed by atoms with Crippen LogP contribution in [-0.4, -0.2) is 52.2 Å². The highest BCUT2D eigenvalue weighted by Gasteiger charge is 2.31. The monoisotopic (exact) mass is 438 g/mol. The van der Waals surface area contributed by atoms with Crippen molar-refractivity contribution in [2.24, 2.45) is 0 Å². The summed E-state index contributed by atoms with van der Waals surface area (Å²) in [7, 11) is 0. The van der Waals surface area contributed by atoms with Crippen LogP contribution in [0.15, 0.2) is 53.3 Å². The molecule has 31 heavy (non-hydrogen) atoms. The molecule has 1 saturated heterocycles. The third-order valence-electron chi connectivity index (χ3n) is 5.51. The van der Waals surface area contributed by atoms with Gasteiger partial charge in [-0.25, -0.2) is 5.10 Å². The van der Waals surface area contributed by atoms with Gasteiger partial charge in [0, 0.05) is 23.2 Å². The minimum atomic E-state index is -0.271. The third kappa shape index (κ3) is 4.66. The first-order valence-electron chi connectivity index (χ1n) is 10.5. The maximum absolute atomic E-state index is 13.2. The number of amides is 1. The molecule has 4 rings (SSSR count). The molecular formula is C23H26N4O3S. The first-order valence-corrected chi connectivity index (χ1v) is 11.0. The maximum Gasteiger partial charge on any atom is 0.272 e. The highest BCUT2D eigenvalue weighted by atomic mass is 32.1. The molecule has 2 aromatic carbocycles. The Bertz CT molecular complexity index is 1130. The van der Waals surface area contributed by atoms with Gasteiger partial charge in [0.15, 0.2) is 0 Å². The van der Waals surface area contributed by atoms with Gasteiger partial charge < -0.3 is 10.1 Å². The summed E-state index contributed by atoms with van der Waals surface area (Å²) in [5, 5.41) is 11.1. The zero-order chi connectivity index (χ0) is 21.8. The zero-order valence-corrected chi connectivity index (χ0v) is 18.3. The van der Waals surface area contributed by atoms with Crippen LogP contribution in [0, 0.1) is 0 Å². The normalized spacial score (nSPS) is 18.1. The van der Waals surface area contributed by atoms with E-state index in [0.29, 0.717) is 36.5 Å². The Morgan fingerprint density at radius 3 is 2.87 bits per heavy atom. The number of nitrogens with one attached hydrogen (secondary N) is 2. The molecule has 0 saturated carbocycles. The quantitative estimate of drug-likeness (QED) is 0.514. The number of morpholine rings is 1. The van der Waals surface area contributed by atoms with Crippen molar-refractivity contribution in [3.05, 3.63) is 58.9 Å². The Kier molecular flexibility index (Phi) is 6.70. The molecule has 2 atom stereocenters. The third-order valence-corrected chi connectivity index (χ3v) is 5.95. The first kappa shape index (κ1) is 21.5. The molecule has 0 aliphatic carbocycles. The van der Waals surface area contributed by atoms with Crippen LogP contribution in [0.2, 0.25) is 0 Å². The summed E-state index contributed by atoms with van der Waals surface area (Å²) in [5.74, 6) is -0.0563. The van der Waals surface area contributed by atoms with E-state index in [0.717, 1.165) is 23.8 Å². The second kappa shape index (κ2) is 9.64. The lowest BCUT2D eigenvalue weighted by atomic mass is 10.0. The minimum absolute atomic E-state index is 0.0563. The molecule has 8 heteroatoms. The van der Waals surface area contributed by atoms with E-state index in [4.69, 9.17) is 4.74 Å². The van der Waals surface area contributed by atoms with Crippen molar-refractivity contribution in [1.29, 1.82) is 0 Å². The van der Waals surface area contributed by atoms with Gasteiger partial charge in [0.25, 0.3) is 5.56 Å². The lowest BCUT2D eigenvalue weighted by molar-refractivity contribution is -0.124. The fourth-order valence-corrected chi connectivity index (χ4v) is 4.37. The number of hydrogen-bond donors (Lipinski definition) is 3. The number of aromatic amines is 1. The predicted molar refractivity (Wildman–Crippen MR) is 125 cm³/mol. The molecule has 0 bridgehead atoms. The maximum atomic E-state index is 13.2. The highest BCUT2D eigenvalue weighted by Crippen LogP contribution is 2.27. The summed E-state index contributed by atoms with van der Waals surface area (Å²) in [4.78, 5) is 27.4. The molecule has 3 aromatic rings. The van der Waals surface area contributed by atoms with Gasteiger partial charge in [0.1, 0.15) is 0 Å². The van der Waals surface area contributed by atoms with E-state index in [-0.39, 0.29) is 22.9 Å². The van der Waals surface area contributed by atoms with E-state index in [1.807, 2.05) is 42.5 Å². The van der Waals surface area contributed by atoms with Gasteiger partial charge in [0.2, 0.25) is 5.91 Å². The van der Waals surface area contributed by atoms with Gasteiger partial charge in [-0.05, 0) is 24.6 Å². The number of ether oxygens (including phenoxy) is 1. The van der Waals surface area contributed by atoms with Crippen molar-refractivity contribution >= 4 is 35.0 Å². The minimum Gasteiger partial charge on any atom is -0.378 e. The molecule has 0 spiro atoms. The van der Waals surface area contributed by atoms with Crippen LogP contribution in [0.3, 0.4) is 0 Å². The van der Waals surface area contributed by atoms with Crippen LogP contribution >= 0.6 is 12.6 Å². The van der Waals surface area contributed by atoms with E-state index >= 15 is 0 Å². The van der Waals surface area contributed by atoms with Crippen LogP contribution in [0.4, 0.5) is 5.69 Å². The summed E-state index contributed by atoms with van der Waals surface area (Å²) >= 11 is 4.60. The van der Waals surface area contributed by atoms with Crippen molar-refractivity contribution in [1.82, 2.24) is 15.1 Å². The Hall–Kier alpha value is -2.68. The number of thiol groups is 1. The standard InChI is InChI=1S/C23H26N4O3S/c1-2-6-19(27-11-12-30-14-20(27)31)23(29)24-16-8-5-7-15(13-16)21-17-9-3-4-10-18(17)22(28)26-25-21/h3-5,7-10,13,19-20,31H,2,6,11-12,14H2,1H3,(H,24,29)(H,26,28). The van der Waals surface area contributed by atoms with E-state index in [1.165, 1.54) is 0 Å². The lowest BCUT2D eigenvalue weighted by Gasteiger charge is -2.37. The molecule has 162 valence electrons. The van der Waals surface area contributed by atoms with Gasteiger partial charge in [-0.15, -0.1) is 0 Å². The number of hydrogen-bond acceptors (Lipinski definition) is 6. The number of fused-ring (bicyclic) bond motifs is 1. The second-order valence-electron chi connectivity index (χ2n) is 7.61. The van der Waals surface area contributed by atoms with Crippen LogP contribution in [0.25, 0.3) is 22.0 Å². The molecule has 7 nitrogen and oxygen atoms in total. The summed E-state index contributed by atoms with van der Waals surface area (Å²) in [5.41, 5.74) is 1.94. The van der Waals surface area contributed by atoms with Gasteiger partial charge in [-0.2, -0.15) is 17.7 Å². The number of rotatable bonds is 6. The van der Waals surface area contributed by atoms with Crippen molar-refractivity contribution in [3.63, 3.8) is 0 Å². The molecule has 2 heterocycles. The molecule has 1 aliphatic rings. The smallest absolute Gasteiger partial charge is 0.272 e. The van der Waals surface area contributed by atoms with Crippen LogP contribution in [-0.2, 0) is 9.53 Å². The fraction of sp³-hybridized carbons (Fsp3) is 0.348. The number of benzene rings is 2. The SMILES string of the molecule is CCCC(C(=O)Nc1cccc(-c2n[nH]c(=O)c3ccccc23)c1)N1CCOCC1S. The second-order valence-corrected chi connectivity index (χ2v) is 8.21. The highest BCUT2D eigenvalue weighted by molar-refractivity contribution is 7.80. The molecule has 2 unspecified atom stereocenters. The predicted octanol–water partition coefficient (Wildman–Crippen LogP) is 3.29. The van der Waals surface area contributed by atoms with E-state index in [9.17, 15) is 9.59 Å². The molecule has 1 aromatic heterocycles. The Morgan fingerprint density at radius 2 is 2.10 bits per heavy atom. The van der Waals surface area contributed by atoms with Gasteiger partial charge in [0.05, 0.1) is 35.7 Å². The van der Waals surface area contributed by atoms with Gasteiger partial charge in [-0.1, -0.05) is 43.7 Å². The first-order chi connectivity index (χ1) is 15.1. The summed E-state index contributed by atoms with van der Waals surface area (Å²) in [6, 6.07) is 14.6. The summed E-state index contributed by atoms with van der Waals surface area (Å²) in [6.07, 6.45) is 1.64. The average Bonchev–Trinajstić information content (AvgIpc) is 2.79. The molecule has 1 fully saturated rings. The number of nitrogens with zero attached hydrogens (tertiary/aromatic N) is 2. The molecule has 1 aliphatic heterocycles. The van der Waals surface area contributed by atoms with Crippen LogP contribution < -0.4 is 10.9 Å². The van der Waals surface area contributed by atoms with Gasteiger partial charge >= 0.3 is 0 Å². The van der Waals surface area contributed by atoms with E-state index in [2.05, 4.69) is 40.0 Å². The van der Waals surface area contributed by atoms with Crippen molar-refractivity contribution in [3.8, 4) is 11.3 Å². The van der Waals surface area contributed by atoms with Crippen molar-refractivity contribution < 1.29 is 9.53 Å². The lowest BCUT2D eigenvalue weighted by Crippen LogP contribution is -2.52. The Morgan fingerprint density at radius 1 is 1.29 bits per heavy atom. The van der Waals surface area contributed by atoms with E-state index in [1.54, 1.807) is 6.07 Å². The molecule has 1 amide bonds. The van der Waals surface area contributed by atoms with Gasteiger partial charge in [-0.3, -0.25) is 14.5 Å². The number of carbonyl (C=O) groups excluding carboxylic acids is 1. The Balaban J connectivity index is 1.61. The molecular weight excluding hydrogens is 412 g/mol. The molecule has 0 radical (unpaired) electrons. The molecule has 2 N–H and O–H groups in total. The fourth-order valence-electron chi connectivity index (χ4n) is 3.99. The largest absolute Gasteiger partial charge is 0.378 e.